The van der Waals surface area contributed by atoms with E-state index in [1.807, 2.05) is 30.3 Å². The molecule has 1 aliphatic heterocycles. The highest BCUT2D eigenvalue weighted by Gasteiger charge is 2.27. The molecule has 4 aromatic rings. The van der Waals surface area contributed by atoms with Gasteiger partial charge in [0.05, 0.1) is 22.2 Å². The van der Waals surface area contributed by atoms with Crippen LogP contribution in [0.25, 0.3) is 11.0 Å². The Morgan fingerprint density at radius 1 is 1.14 bits per heavy atom. The van der Waals surface area contributed by atoms with Gasteiger partial charge < -0.3 is 15.0 Å². The number of H-pyrrole nitrogens is 1. The Labute approximate surface area is 214 Å². The Morgan fingerprint density at radius 2 is 1.94 bits per heavy atom. The number of aromatic amines is 1. The van der Waals surface area contributed by atoms with E-state index in [9.17, 15) is 13.2 Å². The summed E-state index contributed by atoms with van der Waals surface area (Å²) in [5, 5.41) is 4.35. The summed E-state index contributed by atoms with van der Waals surface area (Å²) >= 11 is 6.51. The van der Waals surface area contributed by atoms with Crippen molar-refractivity contribution in [3.05, 3.63) is 83.1 Å². The summed E-state index contributed by atoms with van der Waals surface area (Å²) in [6.45, 7) is 0.879. The first kappa shape index (κ1) is 24.3. The second-order valence-electron chi connectivity index (χ2n) is 8.77. The van der Waals surface area contributed by atoms with Gasteiger partial charge in [-0.1, -0.05) is 29.8 Å². The van der Waals surface area contributed by atoms with Gasteiger partial charge in [0.2, 0.25) is 10.0 Å². The van der Waals surface area contributed by atoms with Crippen LogP contribution in [0.5, 0.6) is 11.5 Å². The smallest absolute Gasteiger partial charge is 0.211 e. The number of anilines is 1. The number of para-hydroxylation sites is 1. The molecule has 1 atom stereocenters. The average molecular weight is 525 g/mol. The van der Waals surface area contributed by atoms with Crippen LogP contribution < -0.4 is 10.1 Å². The summed E-state index contributed by atoms with van der Waals surface area (Å²) in [5.74, 6) is 0.941. The van der Waals surface area contributed by atoms with Crippen LogP contribution in [-0.2, 0) is 10.0 Å². The molecule has 186 valence electrons. The molecule has 1 aliphatic rings. The van der Waals surface area contributed by atoms with E-state index in [1.54, 1.807) is 36.7 Å². The fourth-order valence-corrected chi connectivity index (χ4v) is 5.62. The van der Waals surface area contributed by atoms with Gasteiger partial charge >= 0.3 is 0 Å². The number of sulfonamides is 1. The summed E-state index contributed by atoms with van der Waals surface area (Å²) in [6, 6.07) is 16.0. The van der Waals surface area contributed by atoms with E-state index in [2.05, 4.69) is 15.3 Å². The van der Waals surface area contributed by atoms with E-state index < -0.39 is 10.0 Å². The van der Waals surface area contributed by atoms with Crippen LogP contribution in [0.2, 0.25) is 5.02 Å². The molecule has 0 amide bonds. The van der Waals surface area contributed by atoms with Gasteiger partial charge in [-0.05, 0) is 43.2 Å². The van der Waals surface area contributed by atoms with Crippen LogP contribution in [-0.4, -0.2) is 53.9 Å². The summed E-state index contributed by atoms with van der Waals surface area (Å²) in [6.07, 6.45) is 6.07. The average Bonchev–Trinajstić information content (AvgIpc) is 3.29. The van der Waals surface area contributed by atoms with Crippen molar-refractivity contribution >= 4 is 44.1 Å². The van der Waals surface area contributed by atoms with E-state index in [1.165, 1.54) is 10.6 Å². The number of hydrogen-bond donors (Lipinski definition) is 2. The largest absolute Gasteiger partial charge is 0.457 e. The Balaban J connectivity index is 1.42. The number of ketones is 1. The first-order chi connectivity index (χ1) is 17.3. The quantitative estimate of drug-likeness (QED) is 0.327. The van der Waals surface area contributed by atoms with Gasteiger partial charge in [0.1, 0.15) is 17.1 Å². The number of carbonyl (C=O) groups excluding carboxylic acids is 1. The van der Waals surface area contributed by atoms with Crippen molar-refractivity contribution in [2.75, 3.05) is 24.7 Å². The minimum Gasteiger partial charge on any atom is -0.457 e. The highest BCUT2D eigenvalue weighted by Crippen LogP contribution is 2.32. The number of fused-ring (bicyclic) bond motifs is 1. The molecule has 5 rings (SSSR count). The highest BCUT2D eigenvalue weighted by atomic mass is 35.5. The summed E-state index contributed by atoms with van der Waals surface area (Å²) < 4.78 is 31.4. The number of ether oxygens (including phenoxy) is 1. The lowest BCUT2D eigenvalue weighted by molar-refractivity contribution is 0.104. The van der Waals surface area contributed by atoms with Gasteiger partial charge in [-0.15, -0.1) is 0 Å². The summed E-state index contributed by atoms with van der Waals surface area (Å²) in [4.78, 5) is 21.0. The lowest BCUT2D eigenvalue weighted by Gasteiger charge is -2.32. The van der Waals surface area contributed by atoms with E-state index in [0.717, 1.165) is 12.8 Å². The third kappa shape index (κ3) is 5.09. The standard InChI is InChI=1S/C26H25ClN4O4S/c1-36(33,34)31-13-5-6-17(16-31)30-23-11-12-28-26-24(23)21(15-29-26)25(32)20-10-9-19(14-22(20)27)35-18-7-3-2-4-8-18/h2-4,7-12,14-15,17H,5-6,13,16H2,1H3,(H2,28,29,30)/t17-/m1/s1. The van der Waals surface area contributed by atoms with Gasteiger partial charge in [-0.2, -0.15) is 0 Å². The second-order valence-corrected chi connectivity index (χ2v) is 11.2. The number of piperidine rings is 1. The van der Waals surface area contributed by atoms with Crippen molar-refractivity contribution in [2.24, 2.45) is 0 Å². The third-order valence-corrected chi connectivity index (χ3v) is 7.78. The molecule has 8 nitrogen and oxygen atoms in total. The number of nitrogens with one attached hydrogen (secondary N) is 2. The van der Waals surface area contributed by atoms with E-state index in [0.29, 0.717) is 52.4 Å². The number of carbonyl (C=O) groups is 1. The Kier molecular flexibility index (Phi) is 6.70. The molecule has 0 saturated carbocycles. The molecule has 3 heterocycles. The Bertz CT molecular complexity index is 1520. The Hall–Kier alpha value is -3.40. The van der Waals surface area contributed by atoms with E-state index >= 15 is 0 Å². The van der Waals surface area contributed by atoms with Gasteiger partial charge in [-0.3, -0.25) is 4.79 Å². The molecule has 10 heteroatoms. The first-order valence-electron chi connectivity index (χ1n) is 11.5. The molecule has 0 aliphatic carbocycles. The topological polar surface area (TPSA) is 104 Å². The predicted octanol–water partition coefficient (Wildman–Crippen LogP) is 5.08. The molecule has 2 N–H and O–H groups in total. The van der Waals surface area contributed by atoms with E-state index in [-0.39, 0.29) is 16.8 Å². The van der Waals surface area contributed by atoms with Gasteiger partial charge in [0.25, 0.3) is 0 Å². The Morgan fingerprint density at radius 3 is 2.69 bits per heavy atom. The molecule has 1 saturated heterocycles. The van der Waals surface area contributed by atoms with Crippen molar-refractivity contribution < 1.29 is 17.9 Å². The van der Waals surface area contributed by atoms with Gasteiger partial charge in [0, 0.05) is 48.8 Å². The van der Waals surface area contributed by atoms with Crippen molar-refractivity contribution in [1.82, 2.24) is 14.3 Å². The number of aromatic nitrogens is 2. The maximum absolute atomic E-state index is 13.6. The summed E-state index contributed by atoms with van der Waals surface area (Å²) in [5.41, 5.74) is 2.04. The number of hydrogen-bond acceptors (Lipinski definition) is 6. The van der Waals surface area contributed by atoms with Crippen LogP contribution in [0, 0.1) is 0 Å². The van der Waals surface area contributed by atoms with Crippen LogP contribution in [0.3, 0.4) is 0 Å². The van der Waals surface area contributed by atoms with Crippen molar-refractivity contribution in [3.8, 4) is 11.5 Å². The number of pyridine rings is 1. The predicted molar refractivity (Wildman–Crippen MR) is 141 cm³/mol. The number of nitrogens with zero attached hydrogens (tertiary/aromatic N) is 2. The van der Waals surface area contributed by atoms with E-state index in [4.69, 9.17) is 16.3 Å². The van der Waals surface area contributed by atoms with Crippen LogP contribution in [0.4, 0.5) is 5.69 Å². The zero-order valence-electron chi connectivity index (χ0n) is 19.6. The van der Waals surface area contributed by atoms with Crippen LogP contribution in [0.15, 0.2) is 67.0 Å². The normalized spacial score (nSPS) is 16.7. The molecule has 36 heavy (non-hydrogen) atoms. The SMILES string of the molecule is CS(=O)(=O)N1CCC[C@@H](Nc2ccnc3[nH]cc(C(=O)c4ccc(Oc5ccccc5)cc4Cl)c23)C1. The summed E-state index contributed by atoms with van der Waals surface area (Å²) in [7, 11) is -3.27. The van der Waals surface area contributed by atoms with Gasteiger partial charge in [0.15, 0.2) is 5.78 Å². The molecule has 0 radical (unpaired) electrons. The van der Waals surface area contributed by atoms with Crippen LogP contribution in [0.1, 0.15) is 28.8 Å². The monoisotopic (exact) mass is 524 g/mol. The zero-order chi connectivity index (χ0) is 25.3. The second kappa shape index (κ2) is 9.93. The van der Waals surface area contributed by atoms with Crippen molar-refractivity contribution in [3.63, 3.8) is 0 Å². The minimum absolute atomic E-state index is 0.0880. The molecule has 0 spiro atoms. The highest BCUT2D eigenvalue weighted by molar-refractivity contribution is 7.88. The van der Waals surface area contributed by atoms with Gasteiger partial charge in [-0.25, -0.2) is 17.7 Å². The lowest BCUT2D eigenvalue weighted by Crippen LogP contribution is -2.44. The fraction of sp³-hybridized carbons (Fsp3) is 0.231. The number of benzene rings is 2. The molecule has 2 aromatic heterocycles. The van der Waals surface area contributed by atoms with Crippen LogP contribution >= 0.6 is 11.6 Å². The fourth-order valence-electron chi connectivity index (χ4n) is 4.45. The molecule has 0 bridgehead atoms. The molecule has 0 unspecified atom stereocenters. The molecule has 2 aromatic carbocycles. The lowest BCUT2D eigenvalue weighted by atomic mass is 10.0. The maximum Gasteiger partial charge on any atom is 0.211 e. The molecule has 1 fully saturated rings. The number of rotatable bonds is 7. The van der Waals surface area contributed by atoms with Crippen molar-refractivity contribution in [1.29, 1.82) is 0 Å². The van der Waals surface area contributed by atoms with Crippen molar-refractivity contribution in [2.45, 2.75) is 18.9 Å². The maximum atomic E-state index is 13.6. The first-order valence-corrected chi connectivity index (χ1v) is 13.8. The minimum atomic E-state index is -3.27. The molecular weight excluding hydrogens is 500 g/mol. The third-order valence-electron chi connectivity index (χ3n) is 6.20. The molecular formula is C26H25ClN4O4S. The zero-order valence-corrected chi connectivity index (χ0v) is 21.1. The number of halogens is 1.